The Balaban J connectivity index is -0.0000000522. The Bertz CT molecular complexity index is 47.4. The SMILES string of the molecule is NCCCN.NCCN.NCCN.[Co]. The van der Waals surface area contributed by atoms with Gasteiger partial charge in [0.25, 0.3) is 0 Å². The molecule has 7 heteroatoms. The van der Waals surface area contributed by atoms with Crippen LogP contribution in [0.1, 0.15) is 6.42 Å². The first-order chi connectivity index (χ1) is 6.24. The van der Waals surface area contributed by atoms with E-state index in [0.717, 1.165) is 19.5 Å². The third kappa shape index (κ3) is 85.5. The number of hydrogen-bond acceptors (Lipinski definition) is 6. The van der Waals surface area contributed by atoms with Crippen molar-refractivity contribution >= 4 is 0 Å². The zero-order chi connectivity index (χ0) is 10.9. The van der Waals surface area contributed by atoms with Crippen LogP contribution in [0.4, 0.5) is 0 Å². The molecule has 0 aliphatic rings. The minimum atomic E-state index is 0. The van der Waals surface area contributed by atoms with Crippen LogP contribution < -0.4 is 34.4 Å². The van der Waals surface area contributed by atoms with E-state index in [2.05, 4.69) is 0 Å². The number of hydrogen-bond donors (Lipinski definition) is 6. The molecule has 93 valence electrons. The summed E-state index contributed by atoms with van der Waals surface area (Å²) in [7, 11) is 0. The topological polar surface area (TPSA) is 156 Å². The fourth-order valence-corrected chi connectivity index (χ4v) is 0.118. The van der Waals surface area contributed by atoms with Crippen molar-refractivity contribution in [1.82, 2.24) is 0 Å². The van der Waals surface area contributed by atoms with Gasteiger partial charge in [-0.3, -0.25) is 0 Å². The van der Waals surface area contributed by atoms with Gasteiger partial charge in [0.2, 0.25) is 0 Å². The van der Waals surface area contributed by atoms with Crippen molar-refractivity contribution in [2.75, 3.05) is 39.3 Å². The van der Waals surface area contributed by atoms with E-state index < -0.39 is 0 Å². The zero-order valence-electron chi connectivity index (χ0n) is 8.75. The predicted octanol–water partition coefficient (Wildman–Crippen LogP) is -2.90. The fourth-order valence-electron chi connectivity index (χ4n) is 0.118. The second kappa shape index (κ2) is 37.8. The maximum atomic E-state index is 5.06. The summed E-state index contributed by atoms with van der Waals surface area (Å²) in [6, 6.07) is 0. The Morgan fingerprint density at radius 3 is 0.643 bits per heavy atom. The van der Waals surface area contributed by atoms with Crippen molar-refractivity contribution in [3.8, 4) is 0 Å². The van der Waals surface area contributed by atoms with Gasteiger partial charge in [0.15, 0.2) is 0 Å². The summed E-state index contributed by atoms with van der Waals surface area (Å²) in [6.45, 7) is 3.83. The number of nitrogens with two attached hydrogens (primary N) is 6. The summed E-state index contributed by atoms with van der Waals surface area (Å²) in [5, 5.41) is 0. The second-order valence-electron chi connectivity index (χ2n) is 2.09. The summed E-state index contributed by atoms with van der Waals surface area (Å²) in [5.74, 6) is 0. The Labute approximate surface area is 97.3 Å². The molecule has 0 heterocycles. The van der Waals surface area contributed by atoms with E-state index in [1.807, 2.05) is 0 Å². The van der Waals surface area contributed by atoms with Gasteiger partial charge in [-0.2, -0.15) is 0 Å². The molecular formula is C7H26CoN6. The van der Waals surface area contributed by atoms with Crippen LogP contribution in [0.3, 0.4) is 0 Å². The smallest absolute Gasteiger partial charge is 0.00461 e. The molecule has 0 aromatic carbocycles. The molecule has 0 aromatic rings. The van der Waals surface area contributed by atoms with E-state index in [4.69, 9.17) is 34.4 Å². The average molecular weight is 253 g/mol. The molecule has 14 heavy (non-hydrogen) atoms. The maximum absolute atomic E-state index is 5.06. The van der Waals surface area contributed by atoms with Crippen LogP contribution in [-0.2, 0) is 16.8 Å². The molecule has 1 radical (unpaired) electrons. The third-order valence-electron chi connectivity index (χ3n) is 0.742. The van der Waals surface area contributed by atoms with Gasteiger partial charge >= 0.3 is 0 Å². The van der Waals surface area contributed by atoms with Crippen molar-refractivity contribution in [2.45, 2.75) is 6.42 Å². The Kier molecular flexibility index (Phi) is 64.3. The second-order valence-corrected chi connectivity index (χ2v) is 2.09. The zero-order valence-corrected chi connectivity index (χ0v) is 9.79. The summed E-state index contributed by atoms with van der Waals surface area (Å²) < 4.78 is 0. The summed E-state index contributed by atoms with van der Waals surface area (Å²) >= 11 is 0. The molecule has 0 unspecified atom stereocenters. The standard InChI is InChI=1S/C3H10N2.2C2H8N2.Co/c4-2-1-3-5;2*3-1-2-4;/h1-5H2;2*1-4H2;. The Morgan fingerprint density at radius 2 is 0.643 bits per heavy atom. The monoisotopic (exact) mass is 253 g/mol. The van der Waals surface area contributed by atoms with Crippen LogP contribution in [0.2, 0.25) is 0 Å². The molecular weight excluding hydrogens is 227 g/mol. The van der Waals surface area contributed by atoms with Crippen molar-refractivity contribution in [1.29, 1.82) is 0 Å². The van der Waals surface area contributed by atoms with E-state index in [9.17, 15) is 0 Å². The van der Waals surface area contributed by atoms with Gasteiger partial charge in [-0.25, -0.2) is 0 Å². The van der Waals surface area contributed by atoms with Gasteiger partial charge in [-0.05, 0) is 19.5 Å². The molecule has 0 saturated heterocycles. The summed E-state index contributed by atoms with van der Waals surface area (Å²) in [5.41, 5.74) is 29.7. The Hall–Kier alpha value is 0.266. The molecule has 0 atom stereocenters. The maximum Gasteiger partial charge on any atom is 0.00461 e. The molecule has 0 fully saturated rings. The van der Waals surface area contributed by atoms with Gasteiger partial charge in [0.05, 0.1) is 0 Å². The summed E-state index contributed by atoms with van der Waals surface area (Å²) in [4.78, 5) is 0. The van der Waals surface area contributed by atoms with E-state index >= 15 is 0 Å². The molecule has 0 saturated carbocycles. The van der Waals surface area contributed by atoms with Crippen LogP contribution in [0, 0.1) is 0 Å². The van der Waals surface area contributed by atoms with Gasteiger partial charge in [-0.15, -0.1) is 0 Å². The third-order valence-corrected chi connectivity index (χ3v) is 0.742. The van der Waals surface area contributed by atoms with E-state index in [0.29, 0.717) is 26.2 Å². The van der Waals surface area contributed by atoms with Crippen LogP contribution >= 0.6 is 0 Å². The largest absolute Gasteiger partial charge is 0.330 e. The minimum absolute atomic E-state index is 0. The van der Waals surface area contributed by atoms with Crippen molar-refractivity contribution in [2.24, 2.45) is 34.4 Å². The van der Waals surface area contributed by atoms with Gasteiger partial charge in [0, 0.05) is 43.0 Å². The molecule has 0 amide bonds. The predicted molar refractivity (Wildman–Crippen MR) is 58.9 cm³/mol. The van der Waals surface area contributed by atoms with E-state index in [-0.39, 0.29) is 16.8 Å². The van der Waals surface area contributed by atoms with Crippen LogP contribution in [0.5, 0.6) is 0 Å². The molecule has 0 aliphatic carbocycles. The normalized spacial score (nSPS) is 7.29. The number of rotatable bonds is 4. The average Bonchev–Trinajstić information content (AvgIpc) is 2.20. The van der Waals surface area contributed by atoms with Gasteiger partial charge < -0.3 is 34.4 Å². The van der Waals surface area contributed by atoms with Crippen LogP contribution in [0.15, 0.2) is 0 Å². The van der Waals surface area contributed by atoms with E-state index in [1.54, 1.807) is 0 Å². The van der Waals surface area contributed by atoms with E-state index in [1.165, 1.54) is 0 Å². The molecule has 0 spiro atoms. The van der Waals surface area contributed by atoms with Gasteiger partial charge in [-0.1, -0.05) is 0 Å². The molecule has 0 aliphatic heterocycles. The van der Waals surface area contributed by atoms with Crippen LogP contribution in [0.25, 0.3) is 0 Å². The fraction of sp³-hybridized carbons (Fsp3) is 1.00. The van der Waals surface area contributed by atoms with Crippen molar-refractivity contribution in [3.05, 3.63) is 0 Å². The summed E-state index contributed by atoms with van der Waals surface area (Å²) in [6.07, 6.45) is 0.944. The first kappa shape index (κ1) is 23.8. The molecule has 0 bridgehead atoms. The first-order valence-electron chi connectivity index (χ1n) is 4.45. The molecule has 0 aromatic heterocycles. The molecule has 6 nitrogen and oxygen atoms in total. The van der Waals surface area contributed by atoms with Crippen LogP contribution in [-0.4, -0.2) is 39.3 Å². The van der Waals surface area contributed by atoms with Gasteiger partial charge in [0.1, 0.15) is 0 Å². The van der Waals surface area contributed by atoms with Crippen molar-refractivity contribution < 1.29 is 16.8 Å². The molecule has 0 rings (SSSR count). The molecule has 12 N–H and O–H groups in total. The first-order valence-corrected chi connectivity index (χ1v) is 4.45. The quantitative estimate of drug-likeness (QED) is 0.315. The Morgan fingerprint density at radius 1 is 0.429 bits per heavy atom. The van der Waals surface area contributed by atoms with Crippen molar-refractivity contribution in [3.63, 3.8) is 0 Å². The minimum Gasteiger partial charge on any atom is -0.330 e.